The van der Waals surface area contributed by atoms with E-state index in [0.29, 0.717) is 12.0 Å². The van der Waals surface area contributed by atoms with Crippen molar-refractivity contribution in [3.8, 4) is 0 Å². The monoisotopic (exact) mass is 724 g/mol. The predicted octanol–water partition coefficient (Wildman–Crippen LogP) is 4.76. The number of allylic oxidation sites excluding steroid dienone is 1. The summed E-state index contributed by atoms with van der Waals surface area (Å²) in [6, 6.07) is 9.07. The number of esters is 1. The summed E-state index contributed by atoms with van der Waals surface area (Å²) in [6.07, 6.45) is -0.635. The third-order valence-electron chi connectivity index (χ3n) is 10.9. The molecule has 0 saturated carbocycles. The Bertz CT molecular complexity index is 1730. The van der Waals surface area contributed by atoms with E-state index in [0.717, 1.165) is 10.9 Å². The first-order valence-corrected chi connectivity index (χ1v) is 18.1. The summed E-state index contributed by atoms with van der Waals surface area (Å²) in [5, 5.41) is 23.8. The van der Waals surface area contributed by atoms with Crippen molar-refractivity contribution in [1.29, 1.82) is 0 Å². The highest BCUT2D eigenvalue weighted by Gasteiger charge is 2.63. The molecule has 2 fully saturated rings. The van der Waals surface area contributed by atoms with Crippen LogP contribution in [0.2, 0.25) is 0 Å². The molecule has 284 valence electrons. The molecule has 1 aromatic heterocycles. The Balaban J connectivity index is 1.64. The molecule has 4 heterocycles. The van der Waals surface area contributed by atoms with Gasteiger partial charge < -0.3 is 34.1 Å². The predicted molar refractivity (Wildman–Crippen MR) is 193 cm³/mol. The van der Waals surface area contributed by atoms with Crippen molar-refractivity contribution in [2.24, 2.45) is 11.8 Å². The number of aliphatic hydroxyl groups is 2. The minimum atomic E-state index is -2.70. The highest BCUT2D eigenvalue weighted by atomic mass is 19.1. The molecule has 0 radical (unpaired) electrons. The number of nitrogens with zero attached hydrogens (tertiary/aromatic N) is 2. The van der Waals surface area contributed by atoms with E-state index < -0.39 is 83.4 Å². The Morgan fingerprint density at radius 3 is 2.50 bits per heavy atom. The molecule has 2 aromatic rings. The fourth-order valence-corrected chi connectivity index (χ4v) is 8.02. The summed E-state index contributed by atoms with van der Waals surface area (Å²) in [5.41, 5.74) is -4.92. The quantitative estimate of drug-likeness (QED) is 0.315. The minimum Gasteiger partial charge on any atom is -0.458 e. The number of fused-ring (bicyclic) bond motifs is 3. The molecule has 0 amide bonds. The Morgan fingerprint density at radius 2 is 1.83 bits per heavy atom. The van der Waals surface area contributed by atoms with Gasteiger partial charge in [0.05, 0.1) is 23.3 Å². The van der Waals surface area contributed by atoms with Gasteiger partial charge in [0.15, 0.2) is 17.9 Å². The number of likely N-dealkylation sites (N-methyl/N-ethyl adjacent to an activating group) is 1. The summed E-state index contributed by atoms with van der Waals surface area (Å²) in [5.74, 6) is -4.83. The minimum absolute atomic E-state index is 0.0963. The average Bonchev–Trinajstić information content (AvgIpc) is 3.37. The molecular formula is C40H53FN2O9. The van der Waals surface area contributed by atoms with E-state index in [1.54, 1.807) is 33.0 Å². The molecule has 12 heteroatoms. The van der Waals surface area contributed by atoms with Gasteiger partial charge >= 0.3 is 5.97 Å². The van der Waals surface area contributed by atoms with E-state index in [9.17, 15) is 24.6 Å². The normalized spacial score (nSPS) is 40.5. The average molecular weight is 725 g/mol. The van der Waals surface area contributed by atoms with Gasteiger partial charge in [-0.1, -0.05) is 44.2 Å². The van der Waals surface area contributed by atoms with Gasteiger partial charge in [0.25, 0.3) is 0 Å². The van der Waals surface area contributed by atoms with Gasteiger partial charge in [0.2, 0.25) is 5.67 Å². The van der Waals surface area contributed by atoms with Crippen LogP contribution in [0.5, 0.6) is 0 Å². The maximum absolute atomic E-state index is 17.9. The molecule has 0 aliphatic carbocycles. The molecule has 1 unspecified atom stereocenters. The van der Waals surface area contributed by atoms with Gasteiger partial charge in [-0.05, 0) is 90.9 Å². The van der Waals surface area contributed by atoms with Gasteiger partial charge in [-0.25, -0.2) is 4.39 Å². The second-order valence-electron chi connectivity index (χ2n) is 15.5. The maximum atomic E-state index is 17.9. The molecule has 12 atom stereocenters. The van der Waals surface area contributed by atoms with Crippen LogP contribution in [0.25, 0.3) is 17.0 Å². The lowest BCUT2D eigenvalue weighted by atomic mass is 9.76. The van der Waals surface area contributed by atoms with Crippen molar-refractivity contribution in [2.75, 3.05) is 14.1 Å². The SMILES string of the molecule is CC[C@H]1OC(=O)[C@H](C)C(=O)[C@H](C)[C@@H](O[C@@H]2O[C@H](C)C[C@H](N(C)C)[C@H]2O)[C@@]2(C)C[C@](F)(C(=O)/C(C)=C/[C@]1(C)O)C(/C=C/c1cnc3ccccc3c1)O2. The third kappa shape index (κ3) is 7.78. The standard InChI is InChI=1S/C40H53FN2O9/c1-10-30-38(6,48)19-22(2)34(46)40(41)21-39(7,52-31(40)16-15-26-18-27-13-11-12-14-28(27)42-20-26)35(24(4)32(44)25(5)36(47)50-30)51-37-33(45)29(43(8)9)17-23(3)49-37/h11-16,18-20,23-25,29-31,33,35,37,45,48H,10,17,21H2,1-9H3/b16-15+,22-19+/t23-,24+,25-,29+,30-,31?,33-,35-,37+,38+,39-,40-/m1/s1. The number of benzene rings is 1. The first-order chi connectivity index (χ1) is 24.3. The second-order valence-corrected chi connectivity index (χ2v) is 15.5. The van der Waals surface area contributed by atoms with Crippen molar-refractivity contribution in [3.05, 3.63) is 59.8 Å². The number of Topliss-reactive ketones (excluding diaryl/α,β-unsaturated/α-hetero) is 2. The molecule has 52 heavy (non-hydrogen) atoms. The van der Waals surface area contributed by atoms with E-state index in [2.05, 4.69) is 4.98 Å². The number of carbonyl (C=O) groups excluding carboxylic acids is 3. The highest BCUT2D eigenvalue weighted by Crippen LogP contribution is 2.49. The van der Waals surface area contributed by atoms with Crippen LogP contribution < -0.4 is 0 Å². The Morgan fingerprint density at radius 1 is 1.13 bits per heavy atom. The number of aromatic nitrogens is 1. The Hall–Kier alpha value is -3.39. The van der Waals surface area contributed by atoms with Crippen LogP contribution in [0.15, 0.2) is 54.3 Å². The van der Waals surface area contributed by atoms with Gasteiger partial charge in [-0.15, -0.1) is 0 Å². The number of pyridine rings is 1. The number of ketones is 2. The summed E-state index contributed by atoms with van der Waals surface area (Å²) in [6.45, 7) is 10.8. The lowest BCUT2D eigenvalue weighted by Gasteiger charge is -2.45. The lowest BCUT2D eigenvalue weighted by molar-refractivity contribution is -0.293. The Labute approximate surface area is 305 Å². The molecule has 2 bridgehead atoms. The van der Waals surface area contributed by atoms with E-state index in [-0.39, 0.29) is 24.1 Å². The second kappa shape index (κ2) is 15.2. The van der Waals surface area contributed by atoms with Crippen LogP contribution in [-0.2, 0) is 33.3 Å². The molecular weight excluding hydrogens is 671 g/mol. The fraction of sp³-hybridized carbons (Fsp3) is 0.600. The van der Waals surface area contributed by atoms with E-state index in [1.807, 2.05) is 56.3 Å². The van der Waals surface area contributed by atoms with Crippen LogP contribution in [0.1, 0.15) is 73.3 Å². The number of hydrogen-bond acceptors (Lipinski definition) is 11. The summed E-state index contributed by atoms with van der Waals surface area (Å²) < 4.78 is 42.7. The number of aliphatic hydroxyl groups excluding tert-OH is 1. The van der Waals surface area contributed by atoms with Crippen LogP contribution in [0.3, 0.4) is 0 Å². The number of cyclic esters (lactones) is 1. The van der Waals surface area contributed by atoms with E-state index >= 15 is 4.39 Å². The lowest BCUT2D eigenvalue weighted by Crippen LogP contribution is -2.58. The van der Waals surface area contributed by atoms with E-state index in [1.165, 1.54) is 32.9 Å². The van der Waals surface area contributed by atoms with E-state index in [4.69, 9.17) is 18.9 Å². The number of rotatable bonds is 6. The first kappa shape index (κ1) is 39.8. The maximum Gasteiger partial charge on any atom is 0.316 e. The number of alkyl halides is 1. The fourth-order valence-electron chi connectivity index (χ4n) is 8.02. The summed E-state index contributed by atoms with van der Waals surface area (Å²) in [7, 11) is 3.65. The summed E-state index contributed by atoms with van der Waals surface area (Å²) >= 11 is 0. The van der Waals surface area contributed by atoms with Crippen molar-refractivity contribution < 1.29 is 47.9 Å². The summed E-state index contributed by atoms with van der Waals surface area (Å²) in [4.78, 5) is 48.3. The molecule has 3 aliphatic rings. The van der Waals surface area contributed by atoms with Crippen molar-refractivity contribution in [1.82, 2.24) is 9.88 Å². The van der Waals surface area contributed by atoms with Gasteiger partial charge in [-0.3, -0.25) is 19.4 Å². The van der Waals surface area contributed by atoms with Gasteiger partial charge in [0, 0.05) is 30.0 Å². The molecule has 1 aromatic carbocycles. The van der Waals surface area contributed by atoms with Crippen LogP contribution in [-0.4, -0.2) is 111 Å². The molecule has 0 spiro atoms. The zero-order valence-corrected chi connectivity index (χ0v) is 31.5. The van der Waals surface area contributed by atoms with Gasteiger partial charge in [0.1, 0.15) is 29.8 Å². The van der Waals surface area contributed by atoms with Crippen molar-refractivity contribution >= 4 is 34.5 Å². The molecule has 2 N–H and O–H groups in total. The van der Waals surface area contributed by atoms with Gasteiger partial charge in [-0.2, -0.15) is 0 Å². The van der Waals surface area contributed by atoms with Crippen LogP contribution in [0.4, 0.5) is 4.39 Å². The topological polar surface area (TPSA) is 145 Å². The third-order valence-corrected chi connectivity index (χ3v) is 10.9. The van der Waals surface area contributed by atoms with Crippen molar-refractivity contribution in [2.45, 2.75) is 127 Å². The van der Waals surface area contributed by atoms with Crippen LogP contribution >= 0.6 is 0 Å². The first-order valence-electron chi connectivity index (χ1n) is 18.1. The molecule has 2 saturated heterocycles. The van der Waals surface area contributed by atoms with Crippen molar-refractivity contribution in [3.63, 3.8) is 0 Å². The smallest absolute Gasteiger partial charge is 0.316 e. The number of hydrogen-bond donors (Lipinski definition) is 2. The number of para-hydroxylation sites is 1. The number of ether oxygens (including phenoxy) is 4. The molecule has 3 aliphatic heterocycles. The highest BCUT2D eigenvalue weighted by molar-refractivity contribution is 6.03. The number of halogens is 1. The Kier molecular flexibility index (Phi) is 11.6. The zero-order valence-electron chi connectivity index (χ0n) is 31.5. The van der Waals surface area contributed by atoms with Crippen LogP contribution in [0, 0.1) is 11.8 Å². The molecule has 5 rings (SSSR count). The number of carbonyl (C=O) groups is 3. The zero-order chi connectivity index (χ0) is 38.3. The largest absolute Gasteiger partial charge is 0.458 e. The molecule has 11 nitrogen and oxygen atoms in total.